The average Bonchev–Trinajstić information content (AvgIpc) is 2.78. The molecule has 2 atom stereocenters. The molecule has 1 saturated heterocycles. The summed E-state index contributed by atoms with van der Waals surface area (Å²) in [6.07, 6.45) is 1.02. The number of aryl methyl sites for hydroxylation is 1. The molecule has 1 aliphatic heterocycles. The van der Waals surface area contributed by atoms with E-state index in [4.69, 9.17) is 5.11 Å². The van der Waals surface area contributed by atoms with Gasteiger partial charge in [-0.25, -0.2) is 0 Å². The van der Waals surface area contributed by atoms with Gasteiger partial charge >= 0.3 is 5.97 Å². The molecular weight excluding hydrogens is 202 g/mol. The normalized spacial score (nSPS) is 24.6. The van der Waals surface area contributed by atoms with Crippen LogP contribution in [0.4, 0.5) is 0 Å². The Morgan fingerprint density at radius 1 is 1.38 bits per heavy atom. The van der Waals surface area contributed by atoms with E-state index in [1.54, 1.807) is 0 Å². The minimum Gasteiger partial charge on any atom is -0.481 e. The Balaban J connectivity index is 2.19. The molecule has 2 N–H and O–H groups in total. The summed E-state index contributed by atoms with van der Waals surface area (Å²) in [5.74, 6) is -0.870. The maximum atomic E-state index is 11.1. The van der Waals surface area contributed by atoms with E-state index < -0.39 is 5.97 Å². The molecule has 2 unspecified atom stereocenters. The molecule has 1 aliphatic rings. The summed E-state index contributed by atoms with van der Waals surface area (Å²) < 4.78 is 0. The zero-order chi connectivity index (χ0) is 11.5. The second kappa shape index (κ2) is 4.66. The van der Waals surface area contributed by atoms with E-state index in [1.807, 2.05) is 0 Å². The van der Waals surface area contributed by atoms with Gasteiger partial charge in [0.15, 0.2) is 0 Å². The van der Waals surface area contributed by atoms with Crippen molar-refractivity contribution in [2.75, 3.05) is 13.1 Å². The van der Waals surface area contributed by atoms with Crippen LogP contribution in [0.3, 0.4) is 0 Å². The van der Waals surface area contributed by atoms with Gasteiger partial charge in [-0.05, 0) is 17.5 Å². The first kappa shape index (κ1) is 11.1. The fourth-order valence-electron chi connectivity index (χ4n) is 2.29. The van der Waals surface area contributed by atoms with E-state index in [0.29, 0.717) is 6.54 Å². The lowest BCUT2D eigenvalue weighted by atomic mass is 9.88. The van der Waals surface area contributed by atoms with E-state index in [-0.39, 0.29) is 11.8 Å². The van der Waals surface area contributed by atoms with Crippen LogP contribution in [0, 0.1) is 5.92 Å². The summed E-state index contributed by atoms with van der Waals surface area (Å²) in [6.45, 7) is 3.46. The highest BCUT2D eigenvalue weighted by atomic mass is 16.4. The van der Waals surface area contributed by atoms with Gasteiger partial charge in [0.25, 0.3) is 0 Å². The van der Waals surface area contributed by atoms with Crippen LogP contribution in [0.25, 0.3) is 0 Å². The van der Waals surface area contributed by atoms with Crippen molar-refractivity contribution in [2.45, 2.75) is 19.3 Å². The van der Waals surface area contributed by atoms with Crippen LogP contribution in [0.5, 0.6) is 0 Å². The van der Waals surface area contributed by atoms with Gasteiger partial charge in [0.2, 0.25) is 0 Å². The van der Waals surface area contributed by atoms with Crippen LogP contribution in [0.1, 0.15) is 24.0 Å². The first-order valence-corrected chi connectivity index (χ1v) is 5.74. The number of carboxylic acids is 1. The van der Waals surface area contributed by atoms with E-state index >= 15 is 0 Å². The highest BCUT2D eigenvalue weighted by Crippen LogP contribution is 2.28. The van der Waals surface area contributed by atoms with Crippen molar-refractivity contribution in [1.82, 2.24) is 5.32 Å². The number of hydrogen-bond acceptors (Lipinski definition) is 2. The van der Waals surface area contributed by atoms with Gasteiger partial charge in [0, 0.05) is 19.0 Å². The summed E-state index contributed by atoms with van der Waals surface area (Å²) in [5, 5.41) is 12.3. The number of nitrogens with one attached hydrogen (secondary N) is 1. The standard InChI is InChI=1S/C13H17NO2/c1-2-9-3-5-10(6-4-9)11-7-14-8-12(11)13(15)16/h3-6,11-12,14H,2,7-8H2,1H3,(H,15,16). The zero-order valence-electron chi connectivity index (χ0n) is 9.44. The molecule has 1 heterocycles. The van der Waals surface area contributed by atoms with Crippen molar-refractivity contribution in [3.8, 4) is 0 Å². The van der Waals surface area contributed by atoms with Crippen molar-refractivity contribution >= 4 is 5.97 Å². The molecule has 0 bridgehead atoms. The van der Waals surface area contributed by atoms with Gasteiger partial charge in [-0.1, -0.05) is 31.2 Å². The second-order valence-corrected chi connectivity index (χ2v) is 4.30. The SMILES string of the molecule is CCc1ccc(C2CNCC2C(=O)O)cc1. The predicted molar refractivity (Wildman–Crippen MR) is 62.6 cm³/mol. The van der Waals surface area contributed by atoms with Crippen LogP contribution in [0.15, 0.2) is 24.3 Å². The summed E-state index contributed by atoms with van der Waals surface area (Å²) >= 11 is 0. The van der Waals surface area contributed by atoms with Gasteiger partial charge in [-0.3, -0.25) is 4.79 Å². The fraction of sp³-hybridized carbons (Fsp3) is 0.462. The topological polar surface area (TPSA) is 49.3 Å². The lowest BCUT2D eigenvalue weighted by Crippen LogP contribution is -2.20. The van der Waals surface area contributed by atoms with Crippen LogP contribution in [-0.2, 0) is 11.2 Å². The monoisotopic (exact) mass is 219 g/mol. The lowest BCUT2D eigenvalue weighted by Gasteiger charge is -2.15. The van der Waals surface area contributed by atoms with Crippen molar-refractivity contribution in [2.24, 2.45) is 5.92 Å². The number of carbonyl (C=O) groups is 1. The predicted octanol–water partition coefficient (Wildman–Crippen LogP) is 1.64. The van der Waals surface area contributed by atoms with Gasteiger partial charge in [-0.2, -0.15) is 0 Å². The highest BCUT2D eigenvalue weighted by molar-refractivity contribution is 5.72. The van der Waals surface area contributed by atoms with Gasteiger partial charge in [0.05, 0.1) is 5.92 Å². The summed E-state index contributed by atoms with van der Waals surface area (Å²) in [5.41, 5.74) is 2.43. The third-order valence-corrected chi connectivity index (χ3v) is 3.35. The minimum absolute atomic E-state index is 0.114. The average molecular weight is 219 g/mol. The first-order valence-electron chi connectivity index (χ1n) is 5.74. The number of rotatable bonds is 3. The number of carboxylic acid groups (broad SMARTS) is 1. The fourth-order valence-corrected chi connectivity index (χ4v) is 2.29. The number of hydrogen-bond donors (Lipinski definition) is 2. The summed E-state index contributed by atoms with van der Waals surface area (Å²) in [6, 6.07) is 8.30. The van der Waals surface area contributed by atoms with E-state index in [2.05, 4.69) is 36.5 Å². The minimum atomic E-state index is -0.699. The van der Waals surface area contributed by atoms with Crippen molar-refractivity contribution in [3.63, 3.8) is 0 Å². The molecule has 1 fully saturated rings. The molecule has 0 aromatic heterocycles. The molecule has 3 heteroatoms. The Morgan fingerprint density at radius 3 is 2.62 bits per heavy atom. The largest absolute Gasteiger partial charge is 0.481 e. The Kier molecular flexibility index (Phi) is 3.25. The third kappa shape index (κ3) is 2.09. The molecule has 16 heavy (non-hydrogen) atoms. The molecular formula is C13H17NO2. The van der Waals surface area contributed by atoms with E-state index in [0.717, 1.165) is 18.5 Å². The van der Waals surface area contributed by atoms with Crippen molar-refractivity contribution in [3.05, 3.63) is 35.4 Å². The summed E-state index contributed by atoms with van der Waals surface area (Å²) in [4.78, 5) is 11.1. The van der Waals surface area contributed by atoms with E-state index in [9.17, 15) is 4.79 Å². The Labute approximate surface area is 95.5 Å². The Bertz CT molecular complexity index is 372. The Hall–Kier alpha value is -1.35. The number of benzene rings is 1. The van der Waals surface area contributed by atoms with Crippen molar-refractivity contribution in [1.29, 1.82) is 0 Å². The highest BCUT2D eigenvalue weighted by Gasteiger charge is 2.33. The zero-order valence-corrected chi connectivity index (χ0v) is 9.44. The van der Waals surface area contributed by atoms with Crippen molar-refractivity contribution < 1.29 is 9.90 Å². The molecule has 3 nitrogen and oxygen atoms in total. The van der Waals surface area contributed by atoms with E-state index in [1.165, 1.54) is 5.56 Å². The molecule has 0 spiro atoms. The second-order valence-electron chi connectivity index (χ2n) is 4.30. The number of aliphatic carboxylic acids is 1. The van der Waals surface area contributed by atoms with Gasteiger partial charge < -0.3 is 10.4 Å². The Morgan fingerprint density at radius 2 is 2.06 bits per heavy atom. The third-order valence-electron chi connectivity index (χ3n) is 3.35. The van der Waals surface area contributed by atoms with Crippen LogP contribution < -0.4 is 5.32 Å². The summed E-state index contributed by atoms with van der Waals surface area (Å²) in [7, 11) is 0. The molecule has 0 saturated carbocycles. The molecule has 2 rings (SSSR count). The van der Waals surface area contributed by atoms with Crippen LogP contribution >= 0.6 is 0 Å². The molecule has 1 aromatic rings. The van der Waals surface area contributed by atoms with Gasteiger partial charge in [0.1, 0.15) is 0 Å². The quantitative estimate of drug-likeness (QED) is 0.812. The van der Waals surface area contributed by atoms with Crippen LogP contribution in [0.2, 0.25) is 0 Å². The van der Waals surface area contributed by atoms with Crippen LogP contribution in [-0.4, -0.2) is 24.2 Å². The molecule has 0 radical (unpaired) electrons. The first-order chi connectivity index (χ1) is 7.72. The van der Waals surface area contributed by atoms with Gasteiger partial charge in [-0.15, -0.1) is 0 Å². The lowest BCUT2D eigenvalue weighted by molar-refractivity contribution is -0.141. The smallest absolute Gasteiger partial charge is 0.308 e. The molecule has 86 valence electrons. The molecule has 1 aromatic carbocycles. The maximum Gasteiger partial charge on any atom is 0.308 e. The molecule has 0 amide bonds. The maximum absolute atomic E-state index is 11.1. The molecule has 0 aliphatic carbocycles.